The molecule has 0 spiro atoms. The summed E-state index contributed by atoms with van der Waals surface area (Å²) in [4.78, 5) is 12.0. The van der Waals surface area contributed by atoms with Crippen LogP contribution >= 0.6 is 0 Å². The number of fused-ring (bicyclic) bond motifs is 1. The Morgan fingerprint density at radius 2 is 1.77 bits per heavy atom. The van der Waals surface area contributed by atoms with E-state index in [4.69, 9.17) is 4.74 Å². The van der Waals surface area contributed by atoms with Crippen molar-refractivity contribution in [2.24, 2.45) is 0 Å². The van der Waals surface area contributed by atoms with E-state index in [1.807, 2.05) is 0 Å². The molecule has 0 bridgehead atoms. The lowest BCUT2D eigenvalue weighted by molar-refractivity contribution is 0.0946. The summed E-state index contributed by atoms with van der Waals surface area (Å²) in [5, 5.41) is 14.9. The van der Waals surface area contributed by atoms with Crippen molar-refractivity contribution < 1.29 is 22.7 Å². The predicted octanol–water partition coefficient (Wildman–Crippen LogP) is 3.02. The van der Waals surface area contributed by atoms with Crippen molar-refractivity contribution in [1.29, 1.82) is 0 Å². The lowest BCUT2D eigenvalue weighted by atomic mass is 10.2. The molecule has 0 unspecified atom stereocenters. The minimum Gasteiger partial charge on any atom is -0.475 e. The molecule has 2 heterocycles. The van der Waals surface area contributed by atoms with Gasteiger partial charge in [0.1, 0.15) is 12.4 Å². The number of halogens is 3. The SMILES string of the molecule is O=C(NCCOc1ccc2nnc(-c3ccc(F)cc3)n2n1)c1ccc(F)c(F)c1. The molecule has 10 heteroatoms. The van der Waals surface area contributed by atoms with Gasteiger partial charge in [-0.25, -0.2) is 13.2 Å². The Kier molecular flexibility index (Phi) is 5.29. The number of amides is 1. The first-order valence-corrected chi connectivity index (χ1v) is 8.86. The molecule has 0 aliphatic carbocycles. The molecular weight excluding hydrogens is 399 g/mol. The highest BCUT2D eigenvalue weighted by Gasteiger charge is 2.12. The van der Waals surface area contributed by atoms with Gasteiger partial charge in [-0.05, 0) is 48.5 Å². The van der Waals surface area contributed by atoms with Gasteiger partial charge in [0.05, 0.1) is 6.54 Å². The van der Waals surface area contributed by atoms with Gasteiger partial charge in [-0.3, -0.25) is 4.79 Å². The lowest BCUT2D eigenvalue weighted by Gasteiger charge is -2.08. The number of carbonyl (C=O) groups excluding carboxylic acids is 1. The van der Waals surface area contributed by atoms with Gasteiger partial charge in [-0.2, -0.15) is 4.52 Å². The smallest absolute Gasteiger partial charge is 0.251 e. The quantitative estimate of drug-likeness (QED) is 0.492. The minimum atomic E-state index is -1.10. The number of rotatable bonds is 6. The number of carbonyl (C=O) groups is 1. The molecule has 1 N–H and O–H groups in total. The summed E-state index contributed by atoms with van der Waals surface area (Å²) in [5.74, 6) is -2.37. The number of nitrogens with zero attached hydrogens (tertiary/aromatic N) is 4. The van der Waals surface area contributed by atoms with E-state index >= 15 is 0 Å². The minimum absolute atomic E-state index is 0.00174. The average molecular weight is 413 g/mol. The third kappa shape index (κ3) is 4.07. The highest BCUT2D eigenvalue weighted by atomic mass is 19.2. The van der Waals surface area contributed by atoms with Crippen LogP contribution in [-0.2, 0) is 0 Å². The van der Waals surface area contributed by atoms with Crippen molar-refractivity contribution >= 4 is 11.6 Å². The zero-order valence-electron chi connectivity index (χ0n) is 15.3. The first-order valence-electron chi connectivity index (χ1n) is 8.86. The summed E-state index contributed by atoms with van der Waals surface area (Å²) < 4.78 is 46.3. The Bertz CT molecular complexity index is 1210. The van der Waals surface area contributed by atoms with Gasteiger partial charge < -0.3 is 10.1 Å². The Hall–Kier alpha value is -3.95. The Balaban J connectivity index is 1.39. The number of hydrogen-bond acceptors (Lipinski definition) is 5. The van der Waals surface area contributed by atoms with E-state index in [2.05, 4.69) is 20.6 Å². The number of aromatic nitrogens is 4. The van der Waals surface area contributed by atoms with Crippen molar-refractivity contribution in [1.82, 2.24) is 25.1 Å². The van der Waals surface area contributed by atoms with Crippen LogP contribution in [0.5, 0.6) is 5.88 Å². The predicted molar refractivity (Wildman–Crippen MR) is 100 cm³/mol. The van der Waals surface area contributed by atoms with Crippen molar-refractivity contribution in [3.8, 4) is 17.3 Å². The fraction of sp³-hybridized carbons (Fsp3) is 0.100. The maximum absolute atomic E-state index is 13.2. The Morgan fingerprint density at radius 1 is 0.967 bits per heavy atom. The van der Waals surface area contributed by atoms with E-state index in [1.165, 1.54) is 22.7 Å². The van der Waals surface area contributed by atoms with Crippen LogP contribution in [0.25, 0.3) is 17.0 Å². The van der Waals surface area contributed by atoms with Crippen LogP contribution in [0.15, 0.2) is 54.6 Å². The maximum Gasteiger partial charge on any atom is 0.251 e. The third-order valence-electron chi connectivity index (χ3n) is 4.16. The van der Waals surface area contributed by atoms with E-state index < -0.39 is 17.5 Å². The zero-order valence-corrected chi connectivity index (χ0v) is 15.3. The molecule has 4 rings (SSSR count). The molecular formula is C20H14F3N5O2. The zero-order chi connectivity index (χ0) is 21.1. The van der Waals surface area contributed by atoms with Crippen LogP contribution in [0, 0.1) is 17.5 Å². The highest BCUT2D eigenvalue weighted by Crippen LogP contribution is 2.19. The highest BCUT2D eigenvalue weighted by molar-refractivity contribution is 5.94. The van der Waals surface area contributed by atoms with Gasteiger partial charge in [-0.1, -0.05) is 0 Å². The number of nitrogens with one attached hydrogen (secondary N) is 1. The second-order valence-electron chi connectivity index (χ2n) is 6.21. The van der Waals surface area contributed by atoms with Gasteiger partial charge in [0, 0.05) is 17.2 Å². The summed E-state index contributed by atoms with van der Waals surface area (Å²) in [7, 11) is 0. The lowest BCUT2D eigenvalue weighted by Crippen LogP contribution is -2.28. The molecule has 0 saturated heterocycles. The Labute approximate surface area is 168 Å². The standard InChI is InChI=1S/C20H14F3N5O2/c21-14-4-1-12(2-5-14)19-26-25-17-7-8-18(27-28(17)19)30-10-9-24-20(29)13-3-6-15(22)16(23)11-13/h1-8,11H,9-10H2,(H,24,29). The van der Waals surface area contributed by atoms with Crippen LogP contribution in [0.3, 0.4) is 0 Å². The van der Waals surface area contributed by atoms with Crippen molar-refractivity contribution in [2.75, 3.05) is 13.2 Å². The van der Waals surface area contributed by atoms with Crippen LogP contribution in [0.1, 0.15) is 10.4 Å². The van der Waals surface area contributed by atoms with Crippen LogP contribution < -0.4 is 10.1 Å². The van der Waals surface area contributed by atoms with Crippen LogP contribution in [0.2, 0.25) is 0 Å². The van der Waals surface area contributed by atoms with E-state index in [0.717, 1.165) is 12.1 Å². The second kappa shape index (κ2) is 8.19. The maximum atomic E-state index is 13.2. The Morgan fingerprint density at radius 3 is 2.53 bits per heavy atom. The van der Waals surface area contributed by atoms with Crippen LogP contribution in [0.4, 0.5) is 13.2 Å². The third-order valence-corrected chi connectivity index (χ3v) is 4.16. The van der Waals surface area contributed by atoms with Gasteiger partial charge >= 0.3 is 0 Å². The summed E-state index contributed by atoms with van der Waals surface area (Å²) in [6, 6.07) is 11.9. The van der Waals surface area contributed by atoms with E-state index in [9.17, 15) is 18.0 Å². The van der Waals surface area contributed by atoms with Gasteiger partial charge in [0.15, 0.2) is 23.1 Å². The summed E-state index contributed by atoms with van der Waals surface area (Å²) in [6.45, 7) is 0.201. The average Bonchev–Trinajstić information content (AvgIpc) is 3.17. The van der Waals surface area contributed by atoms with Crippen molar-refractivity contribution in [3.05, 3.63) is 77.6 Å². The molecule has 152 valence electrons. The van der Waals surface area contributed by atoms with Gasteiger partial charge in [0.25, 0.3) is 5.91 Å². The molecule has 0 saturated carbocycles. The van der Waals surface area contributed by atoms with Gasteiger partial charge in [0.2, 0.25) is 5.88 Å². The fourth-order valence-electron chi connectivity index (χ4n) is 2.69. The van der Waals surface area contributed by atoms with E-state index in [0.29, 0.717) is 17.0 Å². The molecule has 2 aromatic heterocycles. The van der Waals surface area contributed by atoms with Crippen molar-refractivity contribution in [3.63, 3.8) is 0 Å². The molecule has 0 radical (unpaired) electrons. The monoisotopic (exact) mass is 413 g/mol. The fourth-order valence-corrected chi connectivity index (χ4v) is 2.69. The number of benzene rings is 2. The van der Waals surface area contributed by atoms with E-state index in [1.54, 1.807) is 24.3 Å². The number of hydrogen-bond donors (Lipinski definition) is 1. The molecule has 2 aromatic carbocycles. The molecule has 1 amide bonds. The summed E-state index contributed by atoms with van der Waals surface area (Å²) in [6.07, 6.45) is 0. The largest absolute Gasteiger partial charge is 0.475 e. The molecule has 7 nitrogen and oxygen atoms in total. The molecule has 4 aromatic rings. The summed E-state index contributed by atoms with van der Waals surface area (Å²) >= 11 is 0. The number of ether oxygens (including phenoxy) is 1. The first-order chi connectivity index (χ1) is 14.5. The van der Waals surface area contributed by atoms with Gasteiger partial charge in [-0.15, -0.1) is 15.3 Å². The molecule has 0 aliphatic heterocycles. The van der Waals surface area contributed by atoms with Crippen molar-refractivity contribution in [2.45, 2.75) is 0 Å². The topological polar surface area (TPSA) is 81.4 Å². The first kappa shape index (κ1) is 19.4. The van der Waals surface area contributed by atoms with Crippen LogP contribution in [-0.4, -0.2) is 38.9 Å². The van der Waals surface area contributed by atoms with E-state index in [-0.39, 0.29) is 30.4 Å². The normalized spacial score (nSPS) is 10.9. The molecule has 0 atom stereocenters. The second-order valence-corrected chi connectivity index (χ2v) is 6.21. The molecule has 30 heavy (non-hydrogen) atoms. The molecule has 0 fully saturated rings. The molecule has 0 aliphatic rings. The summed E-state index contributed by atoms with van der Waals surface area (Å²) in [5.41, 5.74) is 1.11.